The number of methoxy groups -OCH3 is 1. The first-order valence-electron chi connectivity index (χ1n) is 7.57. The molecule has 0 amide bonds. The Balaban J connectivity index is 2.37. The van der Waals surface area contributed by atoms with Crippen molar-refractivity contribution in [3.8, 4) is 11.8 Å². The molecule has 0 saturated carbocycles. The highest BCUT2D eigenvalue weighted by Gasteiger charge is 2.24. The number of nitrogens with one attached hydrogen (secondary N) is 1. The van der Waals surface area contributed by atoms with E-state index in [1.807, 2.05) is 37.3 Å². The van der Waals surface area contributed by atoms with Gasteiger partial charge in [-0.2, -0.15) is 5.26 Å². The molecule has 2 aromatic rings. The van der Waals surface area contributed by atoms with Crippen molar-refractivity contribution in [2.75, 3.05) is 7.11 Å². The standard InChI is InChI=1S/C18H20N2O3S/c1-14-10-11-17(23-2)18(13-14)24(21,22)20-16(9-6-12-19)15-7-4-3-5-8-15/h3-5,7-8,10-11,13,16,20H,6,9H2,1-2H3/t16-/m1/s1. The molecule has 126 valence electrons. The lowest BCUT2D eigenvalue weighted by Crippen LogP contribution is -2.29. The highest BCUT2D eigenvalue weighted by molar-refractivity contribution is 7.89. The molecule has 0 aromatic heterocycles. The molecule has 0 aliphatic rings. The van der Waals surface area contributed by atoms with Gasteiger partial charge >= 0.3 is 0 Å². The van der Waals surface area contributed by atoms with E-state index in [9.17, 15) is 8.42 Å². The summed E-state index contributed by atoms with van der Waals surface area (Å²) in [5.41, 5.74) is 1.65. The number of hydrogen-bond acceptors (Lipinski definition) is 4. The second-order valence-corrected chi connectivity index (χ2v) is 7.12. The molecule has 0 heterocycles. The SMILES string of the molecule is COc1ccc(C)cc1S(=O)(=O)N[C@H](CCC#N)c1ccccc1. The van der Waals surface area contributed by atoms with Crippen LogP contribution in [0, 0.1) is 18.3 Å². The minimum absolute atomic E-state index is 0.0999. The molecule has 0 saturated heterocycles. The minimum Gasteiger partial charge on any atom is -0.495 e. The van der Waals surface area contributed by atoms with E-state index in [4.69, 9.17) is 10.00 Å². The normalized spacial score (nSPS) is 12.4. The number of benzene rings is 2. The van der Waals surface area contributed by atoms with Crippen LogP contribution in [0.5, 0.6) is 5.75 Å². The number of ether oxygens (including phenoxy) is 1. The molecule has 1 atom stereocenters. The van der Waals surface area contributed by atoms with Crippen LogP contribution in [0.3, 0.4) is 0 Å². The first-order chi connectivity index (χ1) is 11.5. The molecule has 0 bridgehead atoms. The lowest BCUT2D eigenvalue weighted by atomic mass is 10.0. The maximum absolute atomic E-state index is 12.8. The van der Waals surface area contributed by atoms with Crippen LogP contribution in [-0.4, -0.2) is 15.5 Å². The Morgan fingerprint density at radius 2 is 1.92 bits per heavy atom. The van der Waals surface area contributed by atoms with Crippen LogP contribution in [0.2, 0.25) is 0 Å². The molecule has 2 aromatic carbocycles. The third-order valence-electron chi connectivity index (χ3n) is 3.65. The Labute approximate surface area is 142 Å². The van der Waals surface area contributed by atoms with Crippen molar-refractivity contribution in [1.29, 1.82) is 5.26 Å². The fourth-order valence-corrected chi connectivity index (χ4v) is 3.95. The summed E-state index contributed by atoms with van der Waals surface area (Å²) in [6, 6.07) is 15.8. The van der Waals surface area contributed by atoms with Crippen molar-refractivity contribution < 1.29 is 13.2 Å². The summed E-state index contributed by atoms with van der Waals surface area (Å²) in [6.45, 7) is 1.82. The smallest absolute Gasteiger partial charge is 0.244 e. The summed E-state index contributed by atoms with van der Waals surface area (Å²) < 4.78 is 33.6. The fraction of sp³-hybridized carbons (Fsp3) is 0.278. The number of sulfonamides is 1. The molecule has 5 nitrogen and oxygen atoms in total. The van der Waals surface area contributed by atoms with Gasteiger partial charge in [0.1, 0.15) is 10.6 Å². The van der Waals surface area contributed by atoms with Crippen LogP contribution < -0.4 is 9.46 Å². The van der Waals surface area contributed by atoms with Crippen LogP contribution in [0.1, 0.15) is 30.0 Å². The third kappa shape index (κ3) is 4.34. The number of aryl methyl sites for hydroxylation is 1. The zero-order valence-corrected chi connectivity index (χ0v) is 14.5. The van der Waals surface area contributed by atoms with E-state index >= 15 is 0 Å². The number of hydrogen-bond donors (Lipinski definition) is 1. The van der Waals surface area contributed by atoms with Gasteiger partial charge in [0.25, 0.3) is 0 Å². The quantitative estimate of drug-likeness (QED) is 0.835. The van der Waals surface area contributed by atoms with E-state index in [-0.39, 0.29) is 11.3 Å². The molecule has 0 unspecified atom stereocenters. The molecule has 0 aliphatic carbocycles. The molecule has 0 radical (unpaired) electrons. The van der Waals surface area contributed by atoms with Gasteiger partial charge in [0.15, 0.2) is 0 Å². The highest BCUT2D eigenvalue weighted by Crippen LogP contribution is 2.27. The zero-order valence-electron chi connectivity index (χ0n) is 13.7. The van der Waals surface area contributed by atoms with Crippen molar-refractivity contribution in [3.63, 3.8) is 0 Å². The highest BCUT2D eigenvalue weighted by atomic mass is 32.2. The van der Waals surface area contributed by atoms with Gasteiger partial charge in [0.05, 0.1) is 13.2 Å². The first kappa shape index (κ1) is 18.0. The summed E-state index contributed by atoms with van der Waals surface area (Å²) in [6.07, 6.45) is 0.654. The Morgan fingerprint density at radius 1 is 1.21 bits per heavy atom. The molecular weight excluding hydrogens is 324 g/mol. The summed E-state index contributed by atoms with van der Waals surface area (Å²) >= 11 is 0. The maximum Gasteiger partial charge on any atom is 0.244 e. The number of rotatable bonds is 7. The molecule has 0 aliphatic heterocycles. The van der Waals surface area contributed by atoms with E-state index in [0.717, 1.165) is 11.1 Å². The van der Waals surface area contributed by atoms with Gasteiger partial charge in [0, 0.05) is 12.5 Å². The molecule has 1 N–H and O–H groups in total. The van der Waals surface area contributed by atoms with E-state index in [0.29, 0.717) is 12.2 Å². The number of nitriles is 1. The van der Waals surface area contributed by atoms with Crippen LogP contribution in [-0.2, 0) is 10.0 Å². The van der Waals surface area contributed by atoms with Gasteiger partial charge in [-0.1, -0.05) is 36.4 Å². The Hall–Kier alpha value is -2.36. The predicted octanol–water partition coefficient (Wildman–Crippen LogP) is 3.33. The average Bonchev–Trinajstić information content (AvgIpc) is 2.59. The Kier molecular flexibility index (Phi) is 5.96. The summed E-state index contributed by atoms with van der Waals surface area (Å²) in [7, 11) is -2.35. The Bertz CT molecular complexity index is 827. The molecule has 0 fully saturated rings. The summed E-state index contributed by atoms with van der Waals surface area (Å²) in [5, 5.41) is 8.85. The van der Waals surface area contributed by atoms with Gasteiger partial charge in [0.2, 0.25) is 10.0 Å². The van der Waals surface area contributed by atoms with E-state index in [2.05, 4.69) is 10.8 Å². The van der Waals surface area contributed by atoms with Gasteiger partial charge in [-0.3, -0.25) is 0 Å². The lowest BCUT2D eigenvalue weighted by molar-refractivity contribution is 0.401. The van der Waals surface area contributed by atoms with Crippen molar-refractivity contribution in [3.05, 3.63) is 59.7 Å². The maximum atomic E-state index is 12.8. The average molecular weight is 344 g/mol. The molecule has 24 heavy (non-hydrogen) atoms. The first-order valence-corrected chi connectivity index (χ1v) is 9.05. The van der Waals surface area contributed by atoms with Crippen molar-refractivity contribution in [2.24, 2.45) is 0 Å². The van der Waals surface area contributed by atoms with E-state index in [1.165, 1.54) is 7.11 Å². The number of nitrogens with zero attached hydrogens (tertiary/aromatic N) is 1. The van der Waals surface area contributed by atoms with Gasteiger partial charge in [-0.25, -0.2) is 13.1 Å². The van der Waals surface area contributed by atoms with Crippen molar-refractivity contribution in [1.82, 2.24) is 4.72 Å². The summed E-state index contributed by atoms with van der Waals surface area (Å²) in [5.74, 6) is 0.292. The predicted molar refractivity (Wildman–Crippen MR) is 92.1 cm³/mol. The molecule has 2 rings (SSSR count). The van der Waals surface area contributed by atoms with E-state index in [1.54, 1.807) is 18.2 Å². The van der Waals surface area contributed by atoms with Crippen LogP contribution in [0.25, 0.3) is 0 Å². The monoisotopic (exact) mass is 344 g/mol. The van der Waals surface area contributed by atoms with Crippen LogP contribution >= 0.6 is 0 Å². The van der Waals surface area contributed by atoms with Gasteiger partial charge in [-0.15, -0.1) is 0 Å². The summed E-state index contributed by atoms with van der Waals surface area (Å²) in [4.78, 5) is 0.0999. The molecular formula is C18H20N2O3S. The fourth-order valence-electron chi connectivity index (χ4n) is 2.43. The van der Waals surface area contributed by atoms with Gasteiger partial charge in [-0.05, 0) is 36.6 Å². The minimum atomic E-state index is -3.79. The second-order valence-electron chi connectivity index (χ2n) is 5.44. The second kappa shape index (κ2) is 7.95. The lowest BCUT2D eigenvalue weighted by Gasteiger charge is -2.19. The zero-order chi connectivity index (χ0) is 17.6. The van der Waals surface area contributed by atoms with Crippen molar-refractivity contribution in [2.45, 2.75) is 30.7 Å². The third-order valence-corrected chi connectivity index (χ3v) is 5.15. The van der Waals surface area contributed by atoms with Crippen LogP contribution in [0.4, 0.5) is 0 Å². The van der Waals surface area contributed by atoms with Crippen molar-refractivity contribution >= 4 is 10.0 Å². The molecule has 6 heteroatoms. The van der Waals surface area contributed by atoms with Gasteiger partial charge < -0.3 is 4.74 Å². The Morgan fingerprint density at radius 3 is 2.54 bits per heavy atom. The topological polar surface area (TPSA) is 79.2 Å². The largest absolute Gasteiger partial charge is 0.495 e. The van der Waals surface area contributed by atoms with Crippen LogP contribution in [0.15, 0.2) is 53.4 Å². The van der Waals surface area contributed by atoms with E-state index < -0.39 is 16.1 Å². The molecule has 0 spiro atoms.